The lowest BCUT2D eigenvalue weighted by Crippen LogP contribution is -2.33. The quantitative estimate of drug-likeness (QED) is 0.143. The number of carboxylic acid groups (broad SMARTS) is 1. The average molecular weight is 414 g/mol. The van der Waals surface area contributed by atoms with Gasteiger partial charge in [-0.1, -0.05) is 70.4 Å². The number of carbonyl (C=O) groups excluding carboxylic acids is 2. The van der Waals surface area contributed by atoms with E-state index in [1.54, 1.807) is 0 Å². The van der Waals surface area contributed by atoms with E-state index in [1.807, 2.05) is 0 Å². The first kappa shape index (κ1) is 27.1. The van der Waals surface area contributed by atoms with Crippen LogP contribution in [0.5, 0.6) is 0 Å². The smallest absolute Gasteiger partial charge is 0.357 e. The van der Waals surface area contributed by atoms with Crippen molar-refractivity contribution in [2.24, 2.45) is 5.73 Å². The summed E-state index contributed by atoms with van der Waals surface area (Å²) in [5.41, 5.74) is 5.18. The molecule has 7 heteroatoms. The Kier molecular flexibility index (Phi) is 18.2. The van der Waals surface area contributed by atoms with Crippen LogP contribution in [0.2, 0.25) is 0 Å². The summed E-state index contributed by atoms with van der Waals surface area (Å²) in [6.07, 6.45) is 19.4. The molecular formula is C22H39NO6. The molecule has 3 N–H and O–H groups in total. The monoisotopic (exact) mass is 413 g/mol. The normalized spacial score (nSPS) is 12.1. The largest absolute Gasteiger partial charge is 0.480 e. The Hall–Kier alpha value is -1.89. The van der Waals surface area contributed by atoms with Gasteiger partial charge in [0, 0.05) is 0 Å². The Labute approximate surface area is 174 Å². The number of hydrogen-bond acceptors (Lipinski definition) is 6. The number of rotatable bonds is 18. The van der Waals surface area contributed by atoms with Gasteiger partial charge in [0.2, 0.25) is 0 Å². The van der Waals surface area contributed by atoms with Crippen LogP contribution in [0.25, 0.3) is 0 Å². The molecule has 0 fully saturated rings. The van der Waals surface area contributed by atoms with Crippen molar-refractivity contribution >= 4 is 17.9 Å². The standard InChI is InChI=1S/C22H39NO6/c1-2-3-4-5-6-7-8-9-10-11-12-13-14-15-16-17-20(24)28-29-21(25)18-19(23)22(26)27/h9-10,19H,2-8,11-18,23H2,1H3,(H,26,27)/b10-9-. The maximum Gasteiger partial charge on any atom is 0.357 e. The highest BCUT2D eigenvalue weighted by atomic mass is 17.2. The van der Waals surface area contributed by atoms with Crippen LogP contribution in [0.3, 0.4) is 0 Å². The fourth-order valence-corrected chi connectivity index (χ4v) is 2.78. The lowest BCUT2D eigenvalue weighted by molar-refractivity contribution is -0.259. The number of carboxylic acids is 1. The molecule has 1 unspecified atom stereocenters. The van der Waals surface area contributed by atoms with E-state index in [-0.39, 0.29) is 6.42 Å². The molecule has 0 aliphatic carbocycles. The van der Waals surface area contributed by atoms with E-state index < -0.39 is 30.4 Å². The van der Waals surface area contributed by atoms with E-state index in [1.165, 1.54) is 44.9 Å². The maximum absolute atomic E-state index is 11.4. The summed E-state index contributed by atoms with van der Waals surface area (Å²) in [7, 11) is 0. The molecule has 0 aromatic carbocycles. The van der Waals surface area contributed by atoms with Crippen molar-refractivity contribution in [1.82, 2.24) is 0 Å². The van der Waals surface area contributed by atoms with Crippen molar-refractivity contribution in [2.45, 2.75) is 109 Å². The molecule has 0 saturated heterocycles. The first-order chi connectivity index (χ1) is 14.0. The molecular weight excluding hydrogens is 374 g/mol. The Bertz CT molecular complexity index is 478. The zero-order chi connectivity index (χ0) is 21.7. The molecule has 0 spiro atoms. The highest BCUT2D eigenvalue weighted by Crippen LogP contribution is 2.10. The molecule has 0 aromatic rings. The Morgan fingerprint density at radius 1 is 0.793 bits per heavy atom. The van der Waals surface area contributed by atoms with Gasteiger partial charge in [0.25, 0.3) is 0 Å². The Balaban J connectivity index is 3.41. The molecule has 0 amide bonds. The van der Waals surface area contributed by atoms with Crippen LogP contribution in [0.4, 0.5) is 0 Å². The number of aliphatic carboxylic acids is 1. The van der Waals surface area contributed by atoms with Crippen molar-refractivity contribution in [1.29, 1.82) is 0 Å². The van der Waals surface area contributed by atoms with E-state index in [4.69, 9.17) is 10.8 Å². The summed E-state index contributed by atoms with van der Waals surface area (Å²) in [4.78, 5) is 41.8. The molecule has 0 heterocycles. The van der Waals surface area contributed by atoms with Gasteiger partial charge in [0.15, 0.2) is 0 Å². The highest BCUT2D eigenvalue weighted by Gasteiger charge is 2.19. The van der Waals surface area contributed by atoms with Crippen LogP contribution in [0.1, 0.15) is 103 Å². The molecule has 0 saturated carbocycles. The van der Waals surface area contributed by atoms with Crippen molar-refractivity contribution < 1.29 is 29.3 Å². The summed E-state index contributed by atoms with van der Waals surface area (Å²) in [5.74, 6) is -2.93. The third kappa shape index (κ3) is 19.2. The predicted octanol–water partition coefficient (Wildman–Crippen LogP) is 4.83. The first-order valence-corrected chi connectivity index (χ1v) is 11.0. The minimum Gasteiger partial charge on any atom is -0.480 e. The molecule has 29 heavy (non-hydrogen) atoms. The van der Waals surface area contributed by atoms with Gasteiger partial charge in [0.1, 0.15) is 6.04 Å². The third-order valence-electron chi connectivity index (χ3n) is 4.57. The van der Waals surface area contributed by atoms with Crippen LogP contribution in [0.15, 0.2) is 12.2 Å². The second-order valence-corrected chi connectivity index (χ2v) is 7.39. The molecule has 0 rings (SSSR count). The number of hydrogen-bond donors (Lipinski definition) is 2. The number of unbranched alkanes of at least 4 members (excludes halogenated alkanes) is 11. The van der Waals surface area contributed by atoms with E-state index in [2.05, 4.69) is 28.9 Å². The van der Waals surface area contributed by atoms with Crippen molar-refractivity contribution in [3.05, 3.63) is 12.2 Å². The molecule has 0 aliphatic rings. The van der Waals surface area contributed by atoms with Gasteiger partial charge < -0.3 is 10.8 Å². The van der Waals surface area contributed by atoms with Gasteiger partial charge in [-0.25, -0.2) is 19.4 Å². The summed E-state index contributed by atoms with van der Waals surface area (Å²) >= 11 is 0. The van der Waals surface area contributed by atoms with Gasteiger partial charge >= 0.3 is 17.9 Å². The third-order valence-corrected chi connectivity index (χ3v) is 4.57. The molecule has 0 radical (unpaired) electrons. The minimum absolute atomic E-state index is 0.163. The van der Waals surface area contributed by atoms with Crippen molar-refractivity contribution in [3.8, 4) is 0 Å². The average Bonchev–Trinajstić information content (AvgIpc) is 2.69. The lowest BCUT2D eigenvalue weighted by Gasteiger charge is -2.05. The van der Waals surface area contributed by atoms with Gasteiger partial charge in [-0.15, -0.1) is 0 Å². The summed E-state index contributed by atoms with van der Waals surface area (Å²) < 4.78 is 0. The van der Waals surface area contributed by atoms with E-state index in [0.29, 0.717) is 6.42 Å². The van der Waals surface area contributed by atoms with Gasteiger partial charge in [-0.05, 0) is 32.1 Å². The van der Waals surface area contributed by atoms with Crippen LogP contribution < -0.4 is 5.73 Å². The maximum atomic E-state index is 11.4. The predicted molar refractivity (Wildman–Crippen MR) is 112 cm³/mol. The number of nitrogens with two attached hydrogens (primary N) is 1. The fourth-order valence-electron chi connectivity index (χ4n) is 2.78. The summed E-state index contributed by atoms with van der Waals surface area (Å²) in [5, 5.41) is 8.57. The van der Waals surface area contributed by atoms with Crippen molar-refractivity contribution in [2.75, 3.05) is 0 Å². The molecule has 168 valence electrons. The van der Waals surface area contributed by atoms with Crippen molar-refractivity contribution in [3.63, 3.8) is 0 Å². The Morgan fingerprint density at radius 2 is 1.28 bits per heavy atom. The lowest BCUT2D eigenvalue weighted by atomic mass is 10.1. The van der Waals surface area contributed by atoms with Crippen LogP contribution in [-0.2, 0) is 24.2 Å². The van der Waals surface area contributed by atoms with Gasteiger partial charge in [-0.3, -0.25) is 4.79 Å². The van der Waals surface area contributed by atoms with E-state index in [9.17, 15) is 14.4 Å². The first-order valence-electron chi connectivity index (χ1n) is 11.0. The van der Waals surface area contributed by atoms with E-state index >= 15 is 0 Å². The molecule has 0 bridgehead atoms. The van der Waals surface area contributed by atoms with Crippen LogP contribution in [0, 0.1) is 0 Å². The molecule has 0 aromatic heterocycles. The fraction of sp³-hybridized carbons (Fsp3) is 0.773. The topological polar surface area (TPSA) is 116 Å². The summed E-state index contributed by atoms with van der Waals surface area (Å²) in [6.45, 7) is 2.24. The SMILES string of the molecule is CCCCCCCC/C=C\CCCCCCCC(=O)OOC(=O)CC(N)C(=O)O. The van der Waals surface area contributed by atoms with Crippen LogP contribution in [-0.4, -0.2) is 29.1 Å². The number of carbonyl (C=O) groups is 3. The Morgan fingerprint density at radius 3 is 1.83 bits per heavy atom. The zero-order valence-electron chi connectivity index (χ0n) is 17.9. The zero-order valence-corrected chi connectivity index (χ0v) is 17.9. The second kappa shape index (κ2) is 19.4. The molecule has 1 atom stereocenters. The highest BCUT2D eigenvalue weighted by molar-refractivity contribution is 5.81. The van der Waals surface area contributed by atoms with Crippen LogP contribution >= 0.6 is 0 Å². The van der Waals surface area contributed by atoms with Gasteiger partial charge in [-0.2, -0.15) is 0 Å². The van der Waals surface area contributed by atoms with E-state index in [0.717, 1.165) is 32.1 Å². The molecule has 7 nitrogen and oxygen atoms in total. The second-order valence-electron chi connectivity index (χ2n) is 7.39. The molecule has 0 aliphatic heterocycles. The van der Waals surface area contributed by atoms with Gasteiger partial charge in [0.05, 0.1) is 12.8 Å². The minimum atomic E-state index is -1.37. The summed E-state index contributed by atoms with van der Waals surface area (Å²) in [6, 6.07) is -1.37. The number of allylic oxidation sites excluding steroid dienone is 2.